The molecular weight excluding hydrogens is 256 g/mol. The molecule has 1 aliphatic rings. The van der Waals surface area contributed by atoms with Gasteiger partial charge in [-0.2, -0.15) is 0 Å². The average molecular weight is 284 g/mol. The number of nitrogens with two attached hydrogens (primary N) is 1. The third-order valence-electron chi connectivity index (χ3n) is 3.73. The molecule has 1 fully saturated rings. The maximum Gasteiger partial charge on any atom is 0.235 e. The topological polar surface area (TPSA) is 46.3 Å². The van der Waals surface area contributed by atoms with Gasteiger partial charge < -0.3 is 10.6 Å². The minimum atomic E-state index is -0.557. The number of carbonyl (C=O) groups is 1. The van der Waals surface area contributed by atoms with Crippen molar-refractivity contribution in [3.63, 3.8) is 0 Å². The van der Waals surface area contributed by atoms with Crippen molar-refractivity contribution in [2.75, 3.05) is 13.1 Å². The summed E-state index contributed by atoms with van der Waals surface area (Å²) in [4.78, 5) is 15.2. The molecule has 1 amide bonds. The molecule has 0 aromatic rings. The zero-order valence-corrected chi connectivity index (χ0v) is 13.7. The van der Waals surface area contributed by atoms with Crippen LogP contribution in [0.15, 0.2) is 0 Å². The van der Waals surface area contributed by atoms with E-state index in [4.69, 9.17) is 18.0 Å². The Morgan fingerprint density at radius 1 is 1.26 bits per heavy atom. The molecular formula is C15H28N2OS. The molecule has 1 rings (SSSR count). The van der Waals surface area contributed by atoms with Crippen LogP contribution >= 0.6 is 12.2 Å². The van der Waals surface area contributed by atoms with Crippen LogP contribution in [-0.4, -0.2) is 28.9 Å². The van der Waals surface area contributed by atoms with Crippen molar-refractivity contribution in [2.24, 2.45) is 28.9 Å². The fourth-order valence-electron chi connectivity index (χ4n) is 3.04. The molecule has 0 radical (unpaired) electrons. The van der Waals surface area contributed by atoms with E-state index in [0.717, 1.165) is 25.9 Å². The Bertz CT molecular complexity index is 336. The summed E-state index contributed by atoms with van der Waals surface area (Å²) >= 11 is 5.19. The summed E-state index contributed by atoms with van der Waals surface area (Å²) in [6, 6.07) is 0. The first kappa shape index (κ1) is 16.4. The van der Waals surface area contributed by atoms with Gasteiger partial charge in [0.05, 0.1) is 10.4 Å². The number of amides is 1. The van der Waals surface area contributed by atoms with E-state index in [1.165, 1.54) is 0 Å². The summed E-state index contributed by atoms with van der Waals surface area (Å²) in [5, 5.41) is 0. The second-order valence-corrected chi connectivity index (χ2v) is 7.40. The van der Waals surface area contributed by atoms with E-state index in [2.05, 4.69) is 34.6 Å². The molecule has 1 aliphatic carbocycles. The van der Waals surface area contributed by atoms with E-state index in [9.17, 15) is 4.79 Å². The van der Waals surface area contributed by atoms with Gasteiger partial charge >= 0.3 is 0 Å². The molecule has 0 heterocycles. The maximum atomic E-state index is 12.9. The average Bonchev–Trinajstić information content (AvgIpc) is 2.20. The van der Waals surface area contributed by atoms with E-state index in [1.54, 1.807) is 0 Å². The van der Waals surface area contributed by atoms with Crippen LogP contribution in [0.25, 0.3) is 0 Å². The number of carbonyl (C=O) groups excluding carboxylic acids is 1. The Morgan fingerprint density at radius 2 is 1.68 bits per heavy atom. The molecule has 2 N–H and O–H groups in total. The summed E-state index contributed by atoms with van der Waals surface area (Å²) in [5.41, 5.74) is 5.32. The lowest BCUT2D eigenvalue weighted by molar-refractivity contribution is -0.145. The molecule has 110 valence electrons. The van der Waals surface area contributed by atoms with Gasteiger partial charge in [-0.15, -0.1) is 0 Å². The number of hydrogen-bond donors (Lipinski definition) is 1. The molecule has 0 spiro atoms. The van der Waals surface area contributed by atoms with Crippen LogP contribution in [-0.2, 0) is 4.79 Å². The van der Waals surface area contributed by atoms with Crippen LogP contribution in [0.3, 0.4) is 0 Å². The first-order valence-electron chi connectivity index (χ1n) is 7.28. The molecule has 3 nitrogen and oxygen atoms in total. The fraction of sp³-hybridized carbons (Fsp3) is 0.867. The lowest BCUT2D eigenvalue weighted by Crippen LogP contribution is -2.58. The lowest BCUT2D eigenvalue weighted by atomic mass is 9.61. The second kappa shape index (κ2) is 6.21. The fourth-order valence-corrected chi connectivity index (χ4v) is 3.29. The van der Waals surface area contributed by atoms with Gasteiger partial charge in [0.25, 0.3) is 0 Å². The summed E-state index contributed by atoms with van der Waals surface area (Å²) in [6.45, 7) is 12.3. The SMILES string of the molecule is CC(C)CN(CC(C)C)C(=O)C1(C(N)=S)CC(C)C1. The monoisotopic (exact) mass is 284 g/mol. The molecule has 4 heteroatoms. The summed E-state index contributed by atoms with van der Waals surface area (Å²) in [5.74, 6) is 1.62. The Hall–Kier alpha value is -0.640. The minimum Gasteiger partial charge on any atom is -0.392 e. The Balaban J connectivity index is 2.88. The van der Waals surface area contributed by atoms with Gasteiger partial charge in [0.2, 0.25) is 5.91 Å². The summed E-state index contributed by atoms with van der Waals surface area (Å²) in [6.07, 6.45) is 1.63. The van der Waals surface area contributed by atoms with E-state index < -0.39 is 5.41 Å². The second-order valence-electron chi connectivity index (χ2n) is 6.96. The molecule has 1 saturated carbocycles. The van der Waals surface area contributed by atoms with Crippen molar-refractivity contribution in [3.05, 3.63) is 0 Å². The predicted octanol–water partition coefficient (Wildman–Crippen LogP) is 2.83. The van der Waals surface area contributed by atoms with Crippen molar-refractivity contribution in [1.82, 2.24) is 4.90 Å². The van der Waals surface area contributed by atoms with Gasteiger partial charge in [-0.05, 0) is 30.6 Å². The zero-order chi connectivity index (χ0) is 14.8. The van der Waals surface area contributed by atoms with Crippen LogP contribution in [0.4, 0.5) is 0 Å². The Morgan fingerprint density at radius 3 is 1.95 bits per heavy atom. The Kier molecular flexibility index (Phi) is 5.36. The molecule has 0 bridgehead atoms. The highest BCUT2D eigenvalue weighted by molar-refractivity contribution is 7.80. The third kappa shape index (κ3) is 3.68. The van der Waals surface area contributed by atoms with E-state index >= 15 is 0 Å². The van der Waals surface area contributed by atoms with Gasteiger partial charge in [0.1, 0.15) is 0 Å². The smallest absolute Gasteiger partial charge is 0.235 e. The minimum absolute atomic E-state index is 0.153. The van der Waals surface area contributed by atoms with Crippen LogP contribution < -0.4 is 5.73 Å². The van der Waals surface area contributed by atoms with Crippen LogP contribution in [0, 0.1) is 23.2 Å². The van der Waals surface area contributed by atoms with Crippen LogP contribution in [0.1, 0.15) is 47.5 Å². The van der Waals surface area contributed by atoms with Crippen molar-refractivity contribution in [1.29, 1.82) is 0 Å². The molecule has 0 aliphatic heterocycles. The number of thiocarbonyl (C=S) groups is 1. The first-order chi connectivity index (χ1) is 8.69. The highest BCUT2D eigenvalue weighted by Gasteiger charge is 2.52. The normalized spacial score (nSPS) is 26.4. The molecule has 0 saturated heterocycles. The lowest BCUT2D eigenvalue weighted by Gasteiger charge is -2.47. The highest BCUT2D eigenvalue weighted by Crippen LogP contribution is 2.47. The molecule has 0 aromatic carbocycles. The van der Waals surface area contributed by atoms with Gasteiger partial charge in [-0.3, -0.25) is 4.79 Å². The van der Waals surface area contributed by atoms with E-state index in [-0.39, 0.29) is 5.91 Å². The number of hydrogen-bond acceptors (Lipinski definition) is 2. The highest BCUT2D eigenvalue weighted by atomic mass is 32.1. The Labute approximate surface area is 122 Å². The molecule has 19 heavy (non-hydrogen) atoms. The van der Waals surface area contributed by atoms with Crippen molar-refractivity contribution in [2.45, 2.75) is 47.5 Å². The van der Waals surface area contributed by atoms with Gasteiger partial charge in [0.15, 0.2) is 0 Å². The third-order valence-corrected chi connectivity index (χ3v) is 4.12. The van der Waals surface area contributed by atoms with Crippen molar-refractivity contribution >= 4 is 23.1 Å². The first-order valence-corrected chi connectivity index (χ1v) is 7.69. The molecule has 0 unspecified atom stereocenters. The maximum absolute atomic E-state index is 12.9. The van der Waals surface area contributed by atoms with Crippen molar-refractivity contribution in [3.8, 4) is 0 Å². The summed E-state index contributed by atoms with van der Waals surface area (Å²) < 4.78 is 0. The number of rotatable bonds is 6. The van der Waals surface area contributed by atoms with Gasteiger partial charge in [-0.1, -0.05) is 46.8 Å². The van der Waals surface area contributed by atoms with Crippen molar-refractivity contribution < 1.29 is 4.79 Å². The zero-order valence-electron chi connectivity index (χ0n) is 12.9. The van der Waals surface area contributed by atoms with Crippen LogP contribution in [0.2, 0.25) is 0 Å². The predicted molar refractivity (Wildman–Crippen MR) is 83.9 cm³/mol. The molecule has 0 aromatic heterocycles. The van der Waals surface area contributed by atoms with E-state index in [1.807, 2.05) is 4.90 Å². The molecule has 0 atom stereocenters. The standard InChI is InChI=1S/C15H28N2OS/c1-10(2)8-17(9-11(3)4)14(18)15(13(16)19)6-12(5)7-15/h10-12H,6-9H2,1-5H3,(H2,16,19). The van der Waals surface area contributed by atoms with Gasteiger partial charge in [0, 0.05) is 13.1 Å². The summed E-state index contributed by atoms with van der Waals surface area (Å²) in [7, 11) is 0. The van der Waals surface area contributed by atoms with Crippen LogP contribution in [0.5, 0.6) is 0 Å². The van der Waals surface area contributed by atoms with E-state index in [0.29, 0.717) is 22.7 Å². The van der Waals surface area contributed by atoms with Gasteiger partial charge in [-0.25, -0.2) is 0 Å². The number of nitrogens with zero attached hydrogens (tertiary/aromatic N) is 1. The largest absolute Gasteiger partial charge is 0.392 e. The quantitative estimate of drug-likeness (QED) is 0.763.